The summed E-state index contributed by atoms with van der Waals surface area (Å²) in [6.07, 6.45) is -84.9. The van der Waals surface area contributed by atoms with E-state index in [1.165, 1.54) is 6.92 Å². The fraction of sp³-hybridized carbons (Fsp3) is 0.935. The van der Waals surface area contributed by atoms with Crippen molar-refractivity contribution in [3.05, 3.63) is 0 Å². The van der Waals surface area contributed by atoms with Crippen molar-refractivity contribution in [1.29, 1.82) is 0 Å². The van der Waals surface area contributed by atoms with Gasteiger partial charge in [-0.1, -0.05) is 0 Å². The smallest absolute Gasteiger partial charge is 0.217 e. The van der Waals surface area contributed by atoms with E-state index in [4.69, 9.17) is 80.5 Å². The molecule has 4 amide bonds. The van der Waals surface area contributed by atoms with E-state index in [0.717, 1.165) is 27.7 Å². The molecule has 9 heterocycles. The van der Waals surface area contributed by atoms with Gasteiger partial charge in [0, 0.05) is 27.7 Å². The van der Waals surface area contributed by atoms with Crippen LogP contribution in [0.1, 0.15) is 34.6 Å². The van der Waals surface area contributed by atoms with Crippen LogP contribution in [0.5, 0.6) is 0 Å². The number of amides is 4. The van der Waals surface area contributed by atoms with Crippen LogP contribution in [-0.4, -0.2) is 475 Å². The number of aliphatic hydroxyl groups excluding tert-OH is 24. The molecule has 0 spiro atoms. The molecule has 9 fully saturated rings. The highest BCUT2D eigenvalue weighted by molar-refractivity contribution is 5.74. The van der Waals surface area contributed by atoms with Crippen molar-refractivity contribution >= 4 is 23.6 Å². The first-order valence-electron chi connectivity index (χ1n) is 35.5. The number of carbonyl (C=O) groups excluding carboxylic acids is 4. The lowest BCUT2D eigenvalue weighted by Gasteiger charge is -2.52. The zero-order chi connectivity index (χ0) is 81.8. The summed E-state index contributed by atoms with van der Waals surface area (Å²) in [7, 11) is 0. The van der Waals surface area contributed by atoms with Gasteiger partial charge in [-0.15, -0.1) is 0 Å². The lowest BCUT2D eigenvalue weighted by Crippen LogP contribution is -2.72. The van der Waals surface area contributed by atoms with Gasteiger partial charge in [-0.3, -0.25) is 19.2 Å². The van der Waals surface area contributed by atoms with Gasteiger partial charge in [-0.2, -0.15) is 0 Å². The molecule has 111 heavy (non-hydrogen) atoms. The van der Waals surface area contributed by atoms with Crippen LogP contribution < -0.4 is 21.3 Å². The standard InChI is InChI=1S/C62H104N4O45/c1-14-31(78)39(86)43(90)58(96-14)109-51-30(66-18(5)77)54(94)97-25(12-73)49(51)107-56-28(64-16(3)75)37(84)48(24(11-72)102-56)106-61-46(93)52(110-60-45(92)41(88)34(81)21(8-69)100-60)50(108-55-27(63-15(2)74)36(83)32(79)19(6-67)98-55)26(104-61)13-95-62-53(42(89)35(82)22(9-70)101-62)111-57-29(65-17(4)76)38(85)47(23(10-71)103-57)105-59-44(91)40(87)33(80)20(7-68)99-59/h14,19-62,67-73,78-94H,6-13H2,1-5H3,(H,63,74)(H,64,75)(H,65,76)(H,66,77)/t14-,19+,20+,21+,22+,23+,24+,25+,26+,27+,28+,29+,30+,31+,32+,33-,34+,35+,36-,37+,38+,39+,40-,41-,42-,43-,44+,45-,46-,47+,48+,49+,50+,51+,52+,53-,54+,55-,56-,57-,58-,59-,60+,61-,62-/m0/s1. The predicted octanol–water partition coefficient (Wildman–Crippen LogP) is -19.0. The summed E-state index contributed by atoms with van der Waals surface area (Å²) in [4.78, 5) is 51.8. The molecule has 0 aliphatic carbocycles. The molecule has 0 aromatic carbocycles. The molecule has 28 N–H and O–H groups in total. The fourth-order valence-corrected chi connectivity index (χ4v) is 14.4. The summed E-state index contributed by atoms with van der Waals surface area (Å²) >= 11 is 0. The average molecular weight is 1630 g/mol. The topological polar surface area (TPSA) is 759 Å². The quantitative estimate of drug-likeness (QED) is 0.0346. The lowest BCUT2D eigenvalue weighted by atomic mass is 9.93. The Kier molecular flexibility index (Phi) is 32.6. The van der Waals surface area contributed by atoms with Gasteiger partial charge >= 0.3 is 0 Å². The Morgan fingerprint density at radius 2 is 0.541 bits per heavy atom. The summed E-state index contributed by atoms with van der Waals surface area (Å²) in [6, 6.07) is -7.61. The maximum Gasteiger partial charge on any atom is 0.217 e. The number of aliphatic hydroxyl groups is 24. The maximum atomic E-state index is 13.3. The van der Waals surface area contributed by atoms with Crippen molar-refractivity contribution in [1.82, 2.24) is 21.3 Å². The van der Waals surface area contributed by atoms with E-state index in [1.54, 1.807) is 0 Å². The van der Waals surface area contributed by atoms with E-state index >= 15 is 0 Å². The van der Waals surface area contributed by atoms with Crippen LogP contribution in [0.2, 0.25) is 0 Å². The molecular formula is C62H104N4O45. The highest BCUT2D eigenvalue weighted by atomic mass is 16.8. The van der Waals surface area contributed by atoms with Gasteiger partial charge in [0.05, 0.1) is 59.0 Å². The van der Waals surface area contributed by atoms with Crippen LogP contribution in [0.4, 0.5) is 0 Å². The van der Waals surface area contributed by atoms with Gasteiger partial charge < -0.3 is 224 Å². The Morgan fingerprint density at radius 3 is 0.964 bits per heavy atom. The molecule has 0 radical (unpaired) electrons. The Labute approximate surface area is 629 Å². The number of ether oxygens (including phenoxy) is 17. The van der Waals surface area contributed by atoms with Gasteiger partial charge in [-0.25, -0.2) is 0 Å². The summed E-state index contributed by atoms with van der Waals surface area (Å²) < 4.78 is 103. The highest BCUT2D eigenvalue weighted by Crippen LogP contribution is 2.41. The summed E-state index contributed by atoms with van der Waals surface area (Å²) in [6.45, 7) is -3.91. The number of hydrogen-bond donors (Lipinski definition) is 28. The third-order valence-electron chi connectivity index (χ3n) is 20.3. The summed E-state index contributed by atoms with van der Waals surface area (Å²) in [5.74, 6) is -3.71. The fourth-order valence-electron chi connectivity index (χ4n) is 14.4. The van der Waals surface area contributed by atoms with E-state index in [2.05, 4.69) is 21.3 Å². The molecule has 642 valence electrons. The van der Waals surface area contributed by atoms with Crippen molar-refractivity contribution in [3.63, 3.8) is 0 Å². The first-order valence-corrected chi connectivity index (χ1v) is 35.5. The van der Waals surface area contributed by atoms with Gasteiger partial charge in [0.2, 0.25) is 23.6 Å². The summed E-state index contributed by atoms with van der Waals surface area (Å²) in [5.41, 5.74) is 0. The average Bonchev–Trinajstić information content (AvgIpc) is 0.779. The SMILES string of the molecule is CC(=O)N[C@@H]1[C@@H](O[C@@H]2O[C@@H](C)[C@@H](O)[C@@H](O)[C@@H]2O)[C@H](O[C@@H]2O[C@H](CO)[C@@H](O[C@@H]3O[C@H](CO[C@H]4O[C@H](CO)[C@@H](O)[C@H](O)[C@@H]4O[C@@H]4O[C@H](CO)[C@@H](O[C@@H]5O[C@H](CO)[C@H](O)[C@H](O)[C@H]5O)[C@H](O)[C@H]4NC(C)=O)[C@@H](O[C@@H]4O[C@H](CO)[C@@H](O)[C@@H](O)[C@H]4NC(C)=O)[C@H](O[C@H]4O[C@H](CO)[C@@H](O)[C@H](O)[C@@H]4O)[C@@H]3O)[C@H](O)[C@H]2NC(C)=O)[C@@H](CO)O[C@H]1O. The van der Waals surface area contributed by atoms with E-state index in [9.17, 15) is 142 Å². The molecule has 9 rings (SSSR count). The minimum absolute atomic E-state index is 0.850. The number of nitrogens with one attached hydrogen (secondary N) is 4. The highest BCUT2D eigenvalue weighted by Gasteiger charge is 2.61. The number of rotatable bonds is 28. The van der Waals surface area contributed by atoms with E-state index in [0.29, 0.717) is 0 Å². The van der Waals surface area contributed by atoms with Crippen LogP contribution in [0.3, 0.4) is 0 Å². The molecule has 9 aliphatic heterocycles. The van der Waals surface area contributed by atoms with Crippen molar-refractivity contribution in [2.45, 2.75) is 311 Å². The Balaban J connectivity index is 1.10. The normalized spacial score (nSPS) is 49.3. The Hall–Kier alpha value is -3.76. The van der Waals surface area contributed by atoms with Crippen molar-refractivity contribution in [2.75, 3.05) is 52.9 Å². The zero-order valence-corrected chi connectivity index (χ0v) is 59.9. The van der Waals surface area contributed by atoms with Gasteiger partial charge in [0.25, 0.3) is 0 Å². The second-order valence-electron chi connectivity index (χ2n) is 28.1. The second kappa shape index (κ2) is 39.7. The van der Waals surface area contributed by atoms with E-state index in [1.807, 2.05) is 0 Å². The monoisotopic (exact) mass is 1620 g/mol. The van der Waals surface area contributed by atoms with E-state index < -0.39 is 353 Å². The molecule has 49 heteroatoms. The first-order chi connectivity index (χ1) is 52.5. The van der Waals surface area contributed by atoms with Crippen molar-refractivity contribution < 1.29 is 222 Å². The minimum Gasteiger partial charge on any atom is -0.394 e. The molecule has 9 saturated heterocycles. The molecule has 0 saturated carbocycles. The van der Waals surface area contributed by atoms with Crippen LogP contribution in [-0.2, 0) is 99.7 Å². The van der Waals surface area contributed by atoms with Gasteiger partial charge in [-0.05, 0) is 6.92 Å². The molecule has 0 bridgehead atoms. The molecule has 49 nitrogen and oxygen atoms in total. The molecule has 0 unspecified atom stereocenters. The molecule has 9 aliphatic rings. The van der Waals surface area contributed by atoms with Crippen LogP contribution in [0.25, 0.3) is 0 Å². The molecular weight excluding hydrogens is 1520 g/mol. The Morgan fingerprint density at radius 1 is 0.252 bits per heavy atom. The Bertz CT molecular complexity index is 2950. The first kappa shape index (κ1) is 91.1. The largest absolute Gasteiger partial charge is 0.394 e. The van der Waals surface area contributed by atoms with Crippen LogP contribution >= 0.6 is 0 Å². The third kappa shape index (κ3) is 20.2. The predicted molar refractivity (Wildman–Crippen MR) is 342 cm³/mol. The molecule has 0 aromatic heterocycles. The third-order valence-corrected chi connectivity index (χ3v) is 20.3. The van der Waals surface area contributed by atoms with Gasteiger partial charge in [0.1, 0.15) is 213 Å². The molecule has 0 aromatic rings. The van der Waals surface area contributed by atoms with Crippen LogP contribution in [0.15, 0.2) is 0 Å². The number of carbonyl (C=O) groups is 4. The minimum atomic E-state index is -2.60. The maximum absolute atomic E-state index is 13.3. The lowest BCUT2D eigenvalue weighted by molar-refractivity contribution is -0.402. The molecule has 45 atom stereocenters. The van der Waals surface area contributed by atoms with Crippen molar-refractivity contribution in [3.8, 4) is 0 Å². The second-order valence-corrected chi connectivity index (χ2v) is 28.1. The summed E-state index contributed by atoms with van der Waals surface area (Å²) in [5, 5.41) is 276. The number of hydrogen-bond acceptors (Lipinski definition) is 45. The zero-order valence-electron chi connectivity index (χ0n) is 59.9. The van der Waals surface area contributed by atoms with Gasteiger partial charge in [0.15, 0.2) is 56.6 Å². The van der Waals surface area contributed by atoms with E-state index in [-0.39, 0.29) is 0 Å². The van der Waals surface area contributed by atoms with Crippen molar-refractivity contribution in [2.24, 2.45) is 0 Å². The van der Waals surface area contributed by atoms with Crippen LogP contribution in [0, 0.1) is 0 Å².